The summed E-state index contributed by atoms with van der Waals surface area (Å²) >= 11 is 0. The molecule has 1 aliphatic rings. The fourth-order valence-corrected chi connectivity index (χ4v) is 1.98. The van der Waals surface area contributed by atoms with E-state index in [2.05, 4.69) is 4.74 Å². The second-order valence-corrected chi connectivity index (χ2v) is 6.00. The number of hydrogen-bond donors (Lipinski definition) is 0. The number of nitriles is 1. The van der Waals surface area contributed by atoms with Crippen LogP contribution in [0, 0.1) is 11.3 Å². The number of rotatable bonds is 2. The Labute approximate surface area is 126 Å². The number of hydrogen-bond acceptors (Lipinski definition) is 4. The van der Waals surface area contributed by atoms with Crippen LogP contribution in [-0.4, -0.2) is 24.7 Å². The number of alkyl halides is 3. The average molecular weight is 313 g/mol. The minimum Gasteiger partial charge on any atom is -0.406 e. The van der Waals surface area contributed by atoms with Crippen molar-refractivity contribution in [3.8, 4) is 11.8 Å². The maximum atomic E-state index is 12.6. The summed E-state index contributed by atoms with van der Waals surface area (Å²) in [5, 5.41) is 8.83. The van der Waals surface area contributed by atoms with Crippen molar-refractivity contribution in [2.24, 2.45) is 0 Å². The number of halogens is 3. The lowest BCUT2D eigenvalue weighted by Gasteiger charge is -2.32. The van der Waals surface area contributed by atoms with Gasteiger partial charge in [0.15, 0.2) is 0 Å². The number of ether oxygens (including phenoxy) is 1. The first kappa shape index (κ1) is 16.7. The van der Waals surface area contributed by atoms with Crippen LogP contribution in [0.1, 0.15) is 33.3 Å². The van der Waals surface area contributed by atoms with Gasteiger partial charge in [0.05, 0.1) is 22.8 Å². The van der Waals surface area contributed by atoms with Crippen molar-refractivity contribution in [2.45, 2.75) is 45.3 Å². The Morgan fingerprint density at radius 2 is 1.68 bits per heavy atom. The Balaban J connectivity index is 2.42. The maximum absolute atomic E-state index is 12.6. The standard InChI is InChI=1S/C14H15BF3NO3/c1-12(2)13(3,4)22-15(21-12)10-6-5-9(8-19)7-11(10)20-14(16,17)18/h5-7H,1-4H3. The molecule has 8 heteroatoms. The molecular weight excluding hydrogens is 298 g/mol. The smallest absolute Gasteiger partial charge is 0.406 e. The van der Waals surface area contributed by atoms with Crippen LogP contribution in [-0.2, 0) is 9.31 Å². The lowest BCUT2D eigenvalue weighted by molar-refractivity contribution is -0.274. The quantitative estimate of drug-likeness (QED) is 0.788. The predicted molar refractivity (Wildman–Crippen MR) is 73.6 cm³/mol. The summed E-state index contributed by atoms with van der Waals surface area (Å²) in [4.78, 5) is 0. The molecule has 0 aliphatic carbocycles. The summed E-state index contributed by atoms with van der Waals surface area (Å²) in [6, 6.07) is 5.54. The molecule has 1 aromatic rings. The third-order valence-corrected chi connectivity index (χ3v) is 3.88. The molecule has 0 radical (unpaired) electrons. The molecule has 0 bridgehead atoms. The molecule has 0 N–H and O–H groups in total. The second kappa shape index (κ2) is 5.18. The SMILES string of the molecule is CC1(C)OB(c2ccc(C#N)cc2OC(F)(F)F)OC1(C)C. The maximum Gasteiger partial charge on any atom is 0.573 e. The Hall–Kier alpha value is -1.72. The second-order valence-electron chi connectivity index (χ2n) is 6.00. The fourth-order valence-electron chi connectivity index (χ4n) is 1.98. The molecule has 0 amide bonds. The summed E-state index contributed by atoms with van der Waals surface area (Å²) in [6.07, 6.45) is -4.87. The summed E-state index contributed by atoms with van der Waals surface area (Å²) < 4.78 is 53.1. The molecule has 1 heterocycles. The molecule has 22 heavy (non-hydrogen) atoms. The summed E-state index contributed by atoms with van der Waals surface area (Å²) in [5.74, 6) is -0.495. The van der Waals surface area contributed by atoms with E-state index in [1.807, 2.05) is 0 Å². The molecular formula is C14H15BF3NO3. The van der Waals surface area contributed by atoms with E-state index in [4.69, 9.17) is 14.6 Å². The van der Waals surface area contributed by atoms with Gasteiger partial charge in [-0.15, -0.1) is 13.2 Å². The lowest BCUT2D eigenvalue weighted by atomic mass is 9.78. The highest BCUT2D eigenvalue weighted by atomic mass is 19.4. The van der Waals surface area contributed by atoms with Crippen LogP contribution in [0.15, 0.2) is 18.2 Å². The number of benzene rings is 1. The zero-order valence-corrected chi connectivity index (χ0v) is 12.6. The monoisotopic (exact) mass is 313 g/mol. The average Bonchev–Trinajstić information content (AvgIpc) is 2.56. The first-order valence-corrected chi connectivity index (χ1v) is 6.61. The van der Waals surface area contributed by atoms with Gasteiger partial charge in [0.25, 0.3) is 0 Å². The summed E-state index contributed by atoms with van der Waals surface area (Å²) in [7, 11) is -1.00. The first-order chi connectivity index (χ1) is 9.95. The van der Waals surface area contributed by atoms with Gasteiger partial charge in [0.1, 0.15) is 5.75 Å². The topological polar surface area (TPSA) is 51.5 Å². The Morgan fingerprint density at radius 1 is 1.14 bits per heavy atom. The van der Waals surface area contributed by atoms with Crippen LogP contribution in [0.25, 0.3) is 0 Å². The molecule has 4 nitrogen and oxygen atoms in total. The minimum atomic E-state index is -4.87. The Morgan fingerprint density at radius 3 is 2.14 bits per heavy atom. The van der Waals surface area contributed by atoms with Gasteiger partial charge in [-0.3, -0.25) is 0 Å². The van der Waals surface area contributed by atoms with Crippen molar-refractivity contribution in [1.82, 2.24) is 0 Å². The van der Waals surface area contributed by atoms with Crippen LogP contribution in [0.4, 0.5) is 13.2 Å². The van der Waals surface area contributed by atoms with E-state index in [1.165, 1.54) is 12.1 Å². The molecule has 0 unspecified atom stereocenters. The van der Waals surface area contributed by atoms with E-state index < -0.39 is 30.4 Å². The third-order valence-electron chi connectivity index (χ3n) is 3.88. The van der Waals surface area contributed by atoms with Crippen molar-refractivity contribution in [3.05, 3.63) is 23.8 Å². The molecule has 1 saturated heterocycles. The van der Waals surface area contributed by atoms with Gasteiger partial charge < -0.3 is 14.0 Å². The highest BCUT2D eigenvalue weighted by Gasteiger charge is 2.52. The molecule has 0 atom stereocenters. The number of nitrogens with zero attached hydrogens (tertiary/aromatic N) is 1. The van der Waals surface area contributed by atoms with Crippen LogP contribution < -0.4 is 10.2 Å². The zero-order chi connectivity index (χ0) is 16.8. The molecule has 1 fully saturated rings. The van der Waals surface area contributed by atoms with E-state index >= 15 is 0 Å². The largest absolute Gasteiger partial charge is 0.573 e. The molecule has 0 spiro atoms. The molecule has 2 rings (SSSR count). The highest BCUT2D eigenvalue weighted by molar-refractivity contribution is 6.63. The zero-order valence-electron chi connectivity index (χ0n) is 12.6. The molecule has 118 valence electrons. The Bertz CT molecular complexity index is 607. The van der Waals surface area contributed by atoms with Gasteiger partial charge >= 0.3 is 13.5 Å². The Kier molecular flexibility index (Phi) is 3.92. The van der Waals surface area contributed by atoms with Crippen molar-refractivity contribution in [1.29, 1.82) is 5.26 Å². The third kappa shape index (κ3) is 3.21. The van der Waals surface area contributed by atoms with Crippen molar-refractivity contribution >= 4 is 12.6 Å². The first-order valence-electron chi connectivity index (χ1n) is 6.61. The van der Waals surface area contributed by atoms with E-state index in [9.17, 15) is 13.2 Å². The van der Waals surface area contributed by atoms with Crippen LogP contribution in [0.3, 0.4) is 0 Å². The molecule has 1 aromatic carbocycles. The summed E-state index contributed by atoms with van der Waals surface area (Å²) in [6.45, 7) is 7.17. The molecule has 0 saturated carbocycles. The normalized spacial score (nSPS) is 19.8. The van der Waals surface area contributed by atoms with Crippen LogP contribution in [0.5, 0.6) is 5.75 Å². The van der Waals surface area contributed by atoms with Gasteiger partial charge in [-0.2, -0.15) is 5.26 Å². The van der Waals surface area contributed by atoms with Gasteiger partial charge in [-0.25, -0.2) is 0 Å². The predicted octanol–water partition coefficient (Wildman–Crippen LogP) is 2.76. The van der Waals surface area contributed by atoms with Gasteiger partial charge in [0, 0.05) is 5.46 Å². The van der Waals surface area contributed by atoms with E-state index in [0.29, 0.717) is 0 Å². The van der Waals surface area contributed by atoms with Gasteiger partial charge in [-0.1, -0.05) is 6.07 Å². The minimum absolute atomic E-state index is 0.0551. The summed E-state index contributed by atoms with van der Waals surface area (Å²) in [5.41, 5.74) is -1.24. The van der Waals surface area contributed by atoms with E-state index in [-0.39, 0.29) is 11.0 Å². The highest BCUT2D eigenvalue weighted by Crippen LogP contribution is 2.37. The van der Waals surface area contributed by atoms with E-state index in [1.54, 1.807) is 33.8 Å². The van der Waals surface area contributed by atoms with Crippen molar-refractivity contribution in [3.63, 3.8) is 0 Å². The van der Waals surface area contributed by atoms with E-state index in [0.717, 1.165) is 6.07 Å². The van der Waals surface area contributed by atoms with Gasteiger partial charge in [0.2, 0.25) is 0 Å². The van der Waals surface area contributed by atoms with Crippen molar-refractivity contribution < 1.29 is 27.2 Å². The molecule has 0 aromatic heterocycles. The van der Waals surface area contributed by atoms with Crippen LogP contribution in [0.2, 0.25) is 0 Å². The van der Waals surface area contributed by atoms with Gasteiger partial charge in [-0.05, 0) is 39.8 Å². The molecule has 1 aliphatic heterocycles. The van der Waals surface area contributed by atoms with Crippen LogP contribution >= 0.6 is 0 Å². The lowest BCUT2D eigenvalue weighted by Crippen LogP contribution is -2.41. The van der Waals surface area contributed by atoms with Crippen molar-refractivity contribution in [2.75, 3.05) is 0 Å². The fraction of sp³-hybridized carbons (Fsp3) is 0.500.